The zero-order valence-corrected chi connectivity index (χ0v) is 40.8. The summed E-state index contributed by atoms with van der Waals surface area (Å²) in [7, 11) is 16.3. The molecule has 0 aromatic carbocycles. The fourth-order valence-electron chi connectivity index (χ4n) is 11.4. The predicted molar refractivity (Wildman–Crippen MR) is 215 cm³/mol. The van der Waals surface area contributed by atoms with E-state index in [9.17, 15) is 0 Å². The van der Waals surface area contributed by atoms with Crippen molar-refractivity contribution in [1.82, 2.24) is 0 Å². The van der Waals surface area contributed by atoms with Gasteiger partial charge in [-0.25, -0.2) is 0 Å². The molecule has 4 aliphatic rings. The average Bonchev–Trinajstić information content (AvgIpc) is 3.45. The maximum atomic E-state index is 5.59. The van der Waals surface area contributed by atoms with Crippen LogP contribution in [0.15, 0.2) is 0 Å². The first kappa shape index (κ1) is 49.9. The van der Waals surface area contributed by atoms with Gasteiger partial charge in [-0.3, -0.25) is 0 Å². The quantitative estimate of drug-likeness (QED) is 0.119. The molecule has 4 rings (SSSR count). The van der Waals surface area contributed by atoms with Gasteiger partial charge in [0.15, 0.2) is 0 Å². The zero-order valence-electron chi connectivity index (χ0n) is 32.6. The molecule has 4 aliphatic carbocycles. The molecule has 0 aliphatic heterocycles. The Balaban J connectivity index is 0.00000246. The van der Waals surface area contributed by atoms with Crippen molar-refractivity contribution in [1.29, 1.82) is 0 Å². The number of rotatable bonds is 10. The molecule has 0 spiro atoms. The van der Waals surface area contributed by atoms with Crippen LogP contribution in [0.5, 0.6) is 0 Å². The summed E-state index contributed by atoms with van der Waals surface area (Å²) >= 11 is -1.11. The Morgan fingerprint density at radius 3 is 1.15 bits per heavy atom. The van der Waals surface area contributed by atoms with E-state index in [4.69, 9.17) is 47.2 Å². The zero-order chi connectivity index (χ0) is 34.1. The van der Waals surface area contributed by atoms with E-state index in [1.807, 2.05) is 0 Å². The second-order valence-corrected chi connectivity index (χ2v) is 31.7. The topological polar surface area (TPSA) is 28.2 Å². The molecule has 10 heteroatoms. The van der Waals surface area contributed by atoms with Crippen molar-refractivity contribution in [3.63, 3.8) is 0 Å². The Labute approximate surface area is 331 Å². The molecule has 0 heterocycles. The third-order valence-electron chi connectivity index (χ3n) is 11.6. The first-order chi connectivity index (χ1) is 20.9. The van der Waals surface area contributed by atoms with E-state index >= 15 is 0 Å². The van der Waals surface area contributed by atoms with E-state index in [0.717, 1.165) is 46.6 Å². The van der Waals surface area contributed by atoms with Gasteiger partial charge in [0, 0.05) is 0 Å². The molecule has 0 radical (unpaired) electrons. The summed E-state index contributed by atoms with van der Waals surface area (Å²) in [6.45, 7) is 24.6. The Hall–Kier alpha value is 2.94. The van der Waals surface area contributed by atoms with Crippen LogP contribution in [0, 0.1) is 50.4 Å². The molecule has 0 saturated heterocycles. The third-order valence-corrected chi connectivity index (χ3v) is 19.2. The van der Waals surface area contributed by atoms with Crippen molar-refractivity contribution in [3.05, 3.63) is 24.8 Å². The number of halogens is 4. The fourth-order valence-corrected chi connectivity index (χ4v) is 21.1. The van der Waals surface area contributed by atoms with Crippen molar-refractivity contribution >= 4 is 53.7 Å². The van der Waals surface area contributed by atoms with E-state index < -0.39 is 50.5 Å². The SMILES string of the molecule is CC(C)(C)[N-][Si](C)(C)C1C(CCCCCC2CC3CCCCC3C2[Si](C)(C)[N-]C(C)(C)C)CC2CCCCC21.[CH3-].[CH3-].[Cl][Ti][Cl].[Cl][Ti][Cl]. The summed E-state index contributed by atoms with van der Waals surface area (Å²) in [5, 5.41) is 0. The number of hydrogen-bond donors (Lipinski definition) is 0. The van der Waals surface area contributed by atoms with Gasteiger partial charge in [0.05, 0.1) is 0 Å². The van der Waals surface area contributed by atoms with E-state index in [-0.39, 0.29) is 25.9 Å². The van der Waals surface area contributed by atoms with Gasteiger partial charge >= 0.3 is 71.3 Å². The molecule has 8 unspecified atom stereocenters. The van der Waals surface area contributed by atoms with Gasteiger partial charge in [-0.1, -0.05) is 179 Å². The molecular formula is C37H74Cl4N2Si2Ti2-4. The monoisotopic (exact) mass is 838 g/mol. The van der Waals surface area contributed by atoms with Crippen LogP contribution in [0.4, 0.5) is 0 Å². The molecule has 4 fully saturated rings. The number of fused-ring (bicyclic) bond motifs is 2. The summed E-state index contributed by atoms with van der Waals surface area (Å²) in [5.74, 6) is 5.97. The molecule has 280 valence electrons. The summed E-state index contributed by atoms with van der Waals surface area (Å²) in [6.07, 6.45) is 22.5. The van der Waals surface area contributed by atoms with E-state index in [1.165, 1.54) is 96.3 Å². The molecule has 0 aromatic heterocycles. The van der Waals surface area contributed by atoms with Crippen LogP contribution in [0.1, 0.15) is 138 Å². The fraction of sp³-hybridized carbons (Fsp3) is 0.946. The van der Waals surface area contributed by atoms with Gasteiger partial charge < -0.3 is 24.8 Å². The standard InChI is InChI=1S/C35H68N2Si2.2CH3.4ClH.2Ti/c1-34(2,3)36-38(7,8)32-28(24-26-18-14-16-22-30(26)32)20-12-11-13-21-29-25-27-19-15-17-23-31(27)33(29)39(9,10)37-35(4,5)6;;;;;;;;/h26-33H,11-25H2,1-10H3;2*1H3;4*1H;;/q-2;2*-1;;;;;2*+2/p-4. The molecule has 2 nitrogen and oxygen atoms in total. The number of nitrogens with zero attached hydrogens (tertiary/aromatic N) is 2. The number of unbranched alkanes of at least 4 members (excludes halogenated alkanes) is 2. The normalized spacial score (nSPS) is 30.6. The summed E-state index contributed by atoms with van der Waals surface area (Å²) in [5.41, 5.74) is 2.13. The van der Waals surface area contributed by atoms with Gasteiger partial charge in [0.25, 0.3) is 0 Å². The second kappa shape index (κ2) is 23.0. The maximum absolute atomic E-state index is 5.59. The first-order valence-corrected chi connectivity index (χ1v) is 33.0. The second-order valence-electron chi connectivity index (χ2n) is 18.1. The van der Waals surface area contributed by atoms with Crippen LogP contribution < -0.4 is 0 Å². The van der Waals surface area contributed by atoms with Crippen LogP contribution >= 0.6 is 37.2 Å². The van der Waals surface area contributed by atoms with Crippen molar-refractivity contribution in [2.45, 2.75) is 186 Å². The van der Waals surface area contributed by atoms with E-state index in [0.29, 0.717) is 0 Å². The van der Waals surface area contributed by atoms with Gasteiger partial charge in [0.1, 0.15) is 0 Å². The molecule has 4 saturated carbocycles. The average molecular weight is 841 g/mol. The van der Waals surface area contributed by atoms with Crippen LogP contribution in [0.25, 0.3) is 9.96 Å². The summed E-state index contributed by atoms with van der Waals surface area (Å²) < 4.78 is 0. The van der Waals surface area contributed by atoms with Crippen molar-refractivity contribution < 1.29 is 34.1 Å². The van der Waals surface area contributed by atoms with Crippen LogP contribution in [-0.2, 0) is 34.1 Å². The molecule has 0 amide bonds. The van der Waals surface area contributed by atoms with Crippen LogP contribution in [0.3, 0.4) is 0 Å². The molecule has 0 N–H and O–H groups in total. The van der Waals surface area contributed by atoms with Crippen molar-refractivity contribution in [2.75, 3.05) is 0 Å². The van der Waals surface area contributed by atoms with Gasteiger partial charge in [-0.15, -0.1) is 11.1 Å². The van der Waals surface area contributed by atoms with Gasteiger partial charge in [-0.2, -0.15) is 0 Å². The minimum atomic E-state index is -1.62. The first-order valence-electron chi connectivity index (χ1n) is 18.3. The van der Waals surface area contributed by atoms with E-state index in [1.54, 1.807) is 0 Å². The predicted octanol–water partition coefficient (Wildman–Crippen LogP) is 15.7. The van der Waals surface area contributed by atoms with Gasteiger partial charge in [-0.05, 0) is 48.3 Å². The van der Waals surface area contributed by atoms with Gasteiger partial charge in [0.2, 0.25) is 0 Å². The summed E-state index contributed by atoms with van der Waals surface area (Å²) in [6, 6.07) is 0. The molecule has 47 heavy (non-hydrogen) atoms. The molecule has 8 atom stereocenters. The summed E-state index contributed by atoms with van der Waals surface area (Å²) in [4.78, 5) is 11.2. The molecule has 0 aromatic rings. The van der Waals surface area contributed by atoms with Crippen LogP contribution in [0.2, 0.25) is 37.3 Å². The van der Waals surface area contributed by atoms with Crippen LogP contribution in [-0.4, -0.2) is 27.5 Å². The Morgan fingerprint density at radius 2 is 0.851 bits per heavy atom. The third kappa shape index (κ3) is 16.5. The Bertz CT molecular complexity index is 774. The minimum absolute atomic E-state index is 0. The molecule has 0 bridgehead atoms. The van der Waals surface area contributed by atoms with Crippen molar-refractivity contribution in [2.24, 2.45) is 35.5 Å². The Kier molecular flexibility index (Phi) is 24.4. The number of hydrogen-bond acceptors (Lipinski definition) is 0. The van der Waals surface area contributed by atoms with Crippen molar-refractivity contribution in [3.8, 4) is 0 Å². The van der Waals surface area contributed by atoms with E-state index in [2.05, 4.69) is 67.7 Å². The molecular weight excluding hydrogens is 766 g/mol. The Morgan fingerprint density at radius 1 is 0.553 bits per heavy atom.